The molecule has 0 radical (unpaired) electrons. The highest BCUT2D eigenvalue weighted by atomic mass is 16.2. The zero-order chi connectivity index (χ0) is 21.7. The first kappa shape index (κ1) is 21.2. The summed E-state index contributed by atoms with van der Waals surface area (Å²) in [5, 5.41) is 11.2. The van der Waals surface area contributed by atoms with E-state index in [4.69, 9.17) is 5.73 Å². The molecule has 0 atom stereocenters. The van der Waals surface area contributed by atoms with Crippen LogP contribution in [0.25, 0.3) is 0 Å². The molecular weight excluding hydrogens is 382 g/mol. The van der Waals surface area contributed by atoms with Crippen LogP contribution in [0.5, 0.6) is 0 Å². The SMILES string of the molecule is C=CC(=O)N1CCCN(c2nnc(C(N)=O)c(Nc3ccc(C(C)C)cc3)n2)CC1. The fraction of sp³-hybridized carbons (Fsp3) is 0.381. The van der Waals surface area contributed by atoms with Crippen molar-refractivity contribution in [2.24, 2.45) is 5.73 Å². The summed E-state index contributed by atoms with van der Waals surface area (Å²) in [7, 11) is 0. The highest BCUT2D eigenvalue weighted by Crippen LogP contribution is 2.22. The number of nitrogens with one attached hydrogen (secondary N) is 1. The average Bonchev–Trinajstić information content (AvgIpc) is 2.99. The molecule has 0 bridgehead atoms. The number of benzene rings is 1. The van der Waals surface area contributed by atoms with E-state index < -0.39 is 5.91 Å². The molecule has 0 unspecified atom stereocenters. The Morgan fingerprint density at radius 1 is 1.13 bits per heavy atom. The van der Waals surface area contributed by atoms with Crippen LogP contribution in [-0.2, 0) is 4.79 Å². The van der Waals surface area contributed by atoms with Gasteiger partial charge in [0.05, 0.1) is 0 Å². The number of aromatic nitrogens is 3. The van der Waals surface area contributed by atoms with E-state index in [0.717, 1.165) is 12.1 Å². The number of hydrogen-bond donors (Lipinski definition) is 2. The van der Waals surface area contributed by atoms with E-state index in [1.807, 2.05) is 29.2 Å². The molecule has 3 N–H and O–H groups in total. The van der Waals surface area contributed by atoms with Gasteiger partial charge in [-0.15, -0.1) is 10.2 Å². The number of amides is 2. The molecule has 2 amide bonds. The van der Waals surface area contributed by atoms with Gasteiger partial charge in [-0.05, 0) is 36.1 Å². The minimum Gasteiger partial charge on any atom is -0.364 e. The summed E-state index contributed by atoms with van der Waals surface area (Å²) in [5.74, 6) is 0.263. The lowest BCUT2D eigenvalue weighted by Crippen LogP contribution is -2.34. The van der Waals surface area contributed by atoms with Crippen molar-refractivity contribution in [3.63, 3.8) is 0 Å². The zero-order valence-corrected chi connectivity index (χ0v) is 17.3. The number of nitrogens with two attached hydrogens (primary N) is 1. The average molecular weight is 409 g/mol. The normalized spacial score (nSPS) is 14.4. The minimum atomic E-state index is -0.707. The Morgan fingerprint density at radius 2 is 1.87 bits per heavy atom. The van der Waals surface area contributed by atoms with Crippen molar-refractivity contribution < 1.29 is 9.59 Å². The number of hydrogen-bond acceptors (Lipinski definition) is 7. The molecule has 0 spiro atoms. The molecular formula is C21H27N7O2. The van der Waals surface area contributed by atoms with Gasteiger partial charge in [-0.2, -0.15) is 4.98 Å². The van der Waals surface area contributed by atoms with Crippen LogP contribution >= 0.6 is 0 Å². The summed E-state index contributed by atoms with van der Waals surface area (Å²) in [5.41, 5.74) is 7.42. The number of primary amides is 1. The predicted molar refractivity (Wildman–Crippen MR) is 116 cm³/mol. The van der Waals surface area contributed by atoms with E-state index in [0.29, 0.717) is 38.0 Å². The Morgan fingerprint density at radius 3 is 2.50 bits per heavy atom. The number of nitrogens with zero attached hydrogens (tertiary/aromatic N) is 5. The fourth-order valence-corrected chi connectivity index (χ4v) is 3.26. The Kier molecular flexibility index (Phi) is 6.61. The number of carbonyl (C=O) groups is 2. The van der Waals surface area contributed by atoms with Crippen LogP contribution in [0.4, 0.5) is 17.5 Å². The van der Waals surface area contributed by atoms with Crippen molar-refractivity contribution in [2.75, 3.05) is 36.4 Å². The molecule has 0 saturated carbocycles. The molecule has 1 fully saturated rings. The van der Waals surface area contributed by atoms with E-state index >= 15 is 0 Å². The summed E-state index contributed by atoms with van der Waals surface area (Å²) in [6.45, 7) is 10.2. The van der Waals surface area contributed by atoms with Crippen molar-refractivity contribution in [3.8, 4) is 0 Å². The molecule has 1 aliphatic heterocycles. The molecule has 1 aliphatic rings. The van der Waals surface area contributed by atoms with Crippen molar-refractivity contribution in [3.05, 3.63) is 48.2 Å². The van der Waals surface area contributed by atoms with Crippen LogP contribution in [0.3, 0.4) is 0 Å². The summed E-state index contributed by atoms with van der Waals surface area (Å²) in [6.07, 6.45) is 2.09. The van der Waals surface area contributed by atoms with Crippen molar-refractivity contribution >= 4 is 29.3 Å². The lowest BCUT2D eigenvalue weighted by Gasteiger charge is -2.21. The summed E-state index contributed by atoms with van der Waals surface area (Å²) in [6, 6.07) is 7.89. The summed E-state index contributed by atoms with van der Waals surface area (Å²) in [4.78, 5) is 31.9. The smallest absolute Gasteiger partial charge is 0.273 e. The topological polar surface area (TPSA) is 117 Å². The second-order valence-electron chi connectivity index (χ2n) is 7.44. The third-order valence-corrected chi connectivity index (χ3v) is 5.01. The number of rotatable bonds is 6. The number of anilines is 3. The lowest BCUT2D eigenvalue weighted by atomic mass is 10.0. The first-order valence-corrected chi connectivity index (χ1v) is 9.97. The van der Waals surface area contributed by atoms with Gasteiger partial charge in [0.15, 0.2) is 11.5 Å². The van der Waals surface area contributed by atoms with Gasteiger partial charge in [-0.25, -0.2) is 0 Å². The molecule has 3 rings (SSSR count). The van der Waals surface area contributed by atoms with E-state index in [2.05, 4.69) is 40.9 Å². The minimum absolute atomic E-state index is 0.0232. The molecule has 2 aromatic rings. The molecule has 1 saturated heterocycles. The maximum Gasteiger partial charge on any atom is 0.273 e. The predicted octanol–water partition coefficient (Wildman–Crippen LogP) is 2.06. The molecule has 0 aliphatic carbocycles. The van der Waals surface area contributed by atoms with E-state index in [-0.39, 0.29) is 17.4 Å². The fourth-order valence-electron chi connectivity index (χ4n) is 3.26. The van der Waals surface area contributed by atoms with Gasteiger partial charge in [-0.1, -0.05) is 32.6 Å². The third-order valence-electron chi connectivity index (χ3n) is 5.01. The maximum atomic E-state index is 11.9. The van der Waals surface area contributed by atoms with Gasteiger partial charge in [0.2, 0.25) is 11.9 Å². The molecule has 158 valence electrons. The van der Waals surface area contributed by atoms with E-state index in [1.165, 1.54) is 11.6 Å². The molecule has 1 aromatic heterocycles. The quantitative estimate of drug-likeness (QED) is 0.701. The number of carbonyl (C=O) groups excluding carboxylic acids is 2. The Hall–Kier alpha value is -3.49. The van der Waals surface area contributed by atoms with Crippen LogP contribution in [0.15, 0.2) is 36.9 Å². The largest absolute Gasteiger partial charge is 0.364 e. The summed E-state index contributed by atoms with van der Waals surface area (Å²) >= 11 is 0. The van der Waals surface area contributed by atoms with Gasteiger partial charge >= 0.3 is 0 Å². The van der Waals surface area contributed by atoms with Crippen LogP contribution < -0.4 is 16.0 Å². The lowest BCUT2D eigenvalue weighted by molar-refractivity contribution is -0.125. The molecule has 9 nitrogen and oxygen atoms in total. The van der Waals surface area contributed by atoms with Crippen LogP contribution in [0.1, 0.15) is 42.2 Å². The van der Waals surface area contributed by atoms with Gasteiger partial charge in [0, 0.05) is 31.9 Å². The van der Waals surface area contributed by atoms with E-state index in [1.54, 1.807) is 4.90 Å². The highest BCUT2D eigenvalue weighted by molar-refractivity contribution is 5.96. The Bertz CT molecular complexity index is 927. The van der Waals surface area contributed by atoms with E-state index in [9.17, 15) is 9.59 Å². The monoisotopic (exact) mass is 409 g/mol. The maximum absolute atomic E-state index is 11.9. The highest BCUT2D eigenvalue weighted by Gasteiger charge is 2.22. The first-order chi connectivity index (χ1) is 14.4. The molecule has 30 heavy (non-hydrogen) atoms. The van der Waals surface area contributed by atoms with Crippen molar-refractivity contribution in [2.45, 2.75) is 26.2 Å². The van der Waals surface area contributed by atoms with Crippen molar-refractivity contribution in [1.82, 2.24) is 20.1 Å². The van der Waals surface area contributed by atoms with Gasteiger partial charge in [-0.3, -0.25) is 9.59 Å². The van der Waals surface area contributed by atoms with Gasteiger partial charge < -0.3 is 20.9 Å². The Labute approximate surface area is 176 Å². The zero-order valence-electron chi connectivity index (χ0n) is 17.3. The van der Waals surface area contributed by atoms with Gasteiger partial charge in [0.1, 0.15) is 0 Å². The molecule has 9 heteroatoms. The second-order valence-corrected chi connectivity index (χ2v) is 7.44. The molecule has 1 aromatic carbocycles. The summed E-state index contributed by atoms with van der Waals surface area (Å²) < 4.78 is 0. The third kappa shape index (κ3) is 4.91. The van der Waals surface area contributed by atoms with Crippen LogP contribution in [0.2, 0.25) is 0 Å². The standard InChI is InChI=1S/C21H27N7O2/c1-4-17(29)27-10-5-11-28(13-12-27)21-24-20(18(19(22)30)25-26-21)23-16-8-6-15(7-9-16)14(2)3/h4,6-9,14H,1,5,10-13H2,2-3H3,(H2,22,30)(H,23,24,26). The van der Waals surface area contributed by atoms with Gasteiger partial charge in [0.25, 0.3) is 5.91 Å². The Balaban J connectivity index is 1.83. The molecule has 2 heterocycles. The first-order valence-electron chi connectivity index (χ1n) is 9.97. The van der Waals surface area contributed by atoms with Crippen molar-refractivity contribution in [1.29, 1.82) is 0 Å². The second kappa shape index (κ2) is 9.34. The van der Waals surface area contributed by atoms with Crippen LogP contribution in [-0.4, -0.2) is 58.1 Å². The van der Waals surface area contributed by atoms with Crippen LogP contribution in [0, 0.1) is 0 Å².